The van der Waals surface area contributed by atoms with Gasteiger partial charge in [0.05, 0.1) is 11.6 Å². The number of methoxy groups -OCH3 is 1. The van der Waals surface area contributed by atoms with Gasteiger partial charge in [0.2, 0.25) is 0 Å². The van der Waals surface area contributed by atoms with Gasteiger partial charge in [-0.05, 0) is 49.6 Å². The number of halogens is 1. The molecule has 1 amide bonds. The molecule has 0 aliphatic carbocycles. The maximum Gasteiger partial charge on any atom is 0.295 e. The number of carbonyl (C=O) groups excluding carboxylic acids is 2. The molecule has 1 aliphatic rings. The lowest BCUT2D eigenvalue weighted by molar-refractivity contribution is -0.140. The molecule has 0 spiro atoms. The molecule has 1 heterocycles. The summed E-state index contributed by atoms with van der Waals surface area (Å²) in [5, 5.41) is 11.1. The number of hydrogen-bond donors (Lipinski definition) is 1. The molecule has 2 aromatic rings. The van der Waals surface area contributed by atoms with Crippen LogP contribution in [0.15, 0.2) is 52.5 Å². The third kappa shape index (κ3) is 4.28. The molecule has 3 rings (SSSR count). The third-order valence-corrected chi connectivity index (χ3v) is 5.59. The fourth-order valence-electron chi connectivity index (χ4n) is 3.65. The first-order valence-corrected chi connectivity index (χ1v) is 10.2. The first-order valence-electron chi connectivity index (χ1n) is 9.45. The van der Waals surface area contributed by atoms with Crippen molar-refractivity contribution in [2.45, 2.75) is 26.3 Å². The van der Waals surface area contributed by atoms with Gasteiger partial charge in [0.1, 0.15) is 5.76 Å². The molecule has 0 bridgehead atoms. The zero-order valence-corrected chi connectivity index (χ0v) is 18.3. The van der Waals surface area contributed by atoms with Gasteiger partial charge in [-0.1, -0.05) is 45.8 Å². The standard InChI is InChI=1S/C23H24BrNO4/c1-14-8-9-15(2)18(12-14)21(26)19-20(16-6-4-7-17(24)13-16)25(10-5-11-29-3)23(28)22(19)27/h4,6-9,12-13,20,26H,5,10-11H2,1-3H3/b21-19+. The molecule has 2 aromatic carbocycles. The van der Waals surface area contributed by atoms with Crippen molar-refractivity contribution in [3.63, 3.8) is 0 Å². The number of ketones is 1. The zero-order chi connectivity index (χ0) is 21.1. The van der Waals surface area contributed by atoms with Crippen LogP contribution in [0, 0.1) is 13.8 Å². The lowest BCUT2D eigenvalue weighted by Gasteiger charge is -2.25. The topological polar surface area (TPSA) is 66.8 Å². The van der Waals surface area contributed by atoms with E-state index in [2.05, 4.69) is 15.9 Å². The molecule has 0 radical (unpaired) electrons. The number of amides is 1. The van der Waals surface area contributed by atoms with Crippen LogP contribution < -0.4 is 0 Å². The summed E-state index contributed by atoms with van der Waals surface area (Å²) in [7, 11) is 1.60. The Kier molecular flexibility index (Phi) is 6.55. The molecule has 5 nitrogen and oxygen atoms in total. The molecule has 1 N–H and O–H groups in total. The molecule has 152 valence electrons. The summed E-state index contributed by atoms with van der Waals surface area (Å²) in [5.41, 5.74) is 3.26. The monoisotopic (exact) mass is 457 g/mol. The number of ether oxygens (including phenoxy) is 1. The quantitative estimate of drug-likeness (QED) is 0.299. The number of benzene rings is 2. The van der Waals surface area contributed by atoms with Crippen LogP contribution in [-0.4, -0.2) is 42.0 Å². The SMILES string of the molecule is COCCCN1C(=O)C(=O)/C(=C(/O)c2cc(C)ccc2C)C1c1cccc(Br)c1. The summed E-state index contributed by atoms with van der Waals surface area (Å²) in [6.45, 7) is 4.63. The van der Waals surface area contributed by atoms with Gasteiger partial charge in [-0.25, -0.2) is 0 Å². The van der Waals surface area contributed by atoms with E-state index in [1.807, 2.05) is 56.3 Å². The van der Waals surface area contributed by atoms with E-state index < -0.39 is 17.7 Å². The molecule has 1 unspecified atom stereocenters. The van der Waals surface area contributed by atoms with Gasteiger partial charge in [0.15, 0.2) is 0 Å². The lowest BCUT2D eigenvalue weighted by atomic mass is 9.93. The minimum absolute atomic E-state index is 0.124. The van der Waals surface area contributed by atoms with Gasteiger partial charge in [0.25, 0.3) is 11.7 Å². The maximum atomic E-state index is 13.0. The highest BCUT2D eigenvalue weighted by Gasteiger charge is 2.45. The maximum absolute atomic E-state index is 13.0. The van der Waals surface area contributed by atoms with Crippen molar-refractivity contribution in [3.8, 4) is 0 Å². The lowest BCUT2D eigenvalue weighted by Crippen LogP contribution is -2.31. The number of likely N-dealkylation sites (tertiary alicyclic amines) is 1. The van der Waals surface area contributed by atoms with Gasteiger partial charge in [-0.15, -0.1) is 0 Å². The van der Waals surface area contributed by atoms with E-state index in [9.17, 15) is 14.7 Å². The first kappa shape index (κ1) is 21.3. The predicted molar refractivity (Wildman–Crippen MR) is 116 cm³/mol. The molecule has 29 heavy (non-hydrogen) atoms. The highest BCUT2D eigenvalue weighted by atomic mass is 79.9. The number of rotatable bonds is 6. The molecule has 0 aromatic heterocycles. The molecule has 1 saturated heterocycles. The number of aliphatic hydroxyl groups excluding tert-OH is 1. The van der Waals surface area contributed by atoms with Crippen molar-refractivity contribution < 1.29 is 19.4 Å². The fourth-order valence-corrected chi connectivity index (χ4v) is 4.07. The van der Waals surface area contributed by atoms with Gasteiger partial charge in [0, 0.05) is 30.3 Å². The first-order chi connectivity index (χ1) is 13.8. The normalized spacial score (nSPS) is 18.5. The Bertz CT molecular complexity index is 983. The molecule has 1 aliphatic heterocycles. The number of Topliss-reactive ketones (excluding diaryl/α,β-unsaturated/α-hetero) is 1. The highest BCUT2D eigenvalue weighted by Crippen LogP contribution is 2.40. The Morgan fingerprint density at radius 1 is 1.17 bits per heavy atom. The Labute approximate surface area is 179 Å². The summed E-state index contributed by atoms with van der Waals surface area (Å²) < 4.78 is 5.94. The second-order valence-corrected chi connectivity index (χ2v) is 8.13. The summed E-state index contributed by atoms with van der Waals surface area (Å²) in [6.07, 6.45) is 0.595. The number of carbonyl (C=O) groups is 2. The smallest absolute Gasteiger partial charge is 0.295 e. The van der Waals surface area contributed by atoms with Crippen molar-refractivity contribution in [1.29, 1.82) is 0 Å². The number of aryl methyl sites for hydroxylation is 2. The number of nitrogens with zero attached hydrogens (tertiary/aromatic N) is 1. The summed E-state index contributed by atoms with van der Waals surface area (Å²) in [6, 6.07) is 12.5. The van der Waals surface area contributed by atoms with E-state index in [0.717, 1.165) is 21.2 Å². The average Bonchev–Trinajstić information content (AvgIpc) is 2.94. The van der Waals surface area contributed by atoms with Crippen LogP contribution in [-0.2, 0) is 14.3 Å². The van der Waals surface area contributed by atoms with Gasteiger partial charge in [-0.3, -0.25) is 9.59 Å². The largest absolute Gasteiger partial charge is 0.507 e. The Morgan fingerprint density at radius 2 is 1.93 bits per heavy atom. The van der Waals surface area contributed by atoms with Gasteiger partial charge < -0.3 is 14.7 Å². The third-order valence-electron chi connectivity index (χ3n) is 5.10. The van der Waals surface area contributed by atoms with E-state index in [-0.39, 0.29) is 11.3 Å². The van der Waals surface area contributed by atoms with Crippen molar-refractivity contribution in [3.05, 3.63) is 74.8 Å². The summed E-state index contributed by atoms with van der Waals surface area (Å²) >= 11 is 3.46. The van der Waals surface area contributed by atoms with Gasteiger partial charge >= 0.3 is 0 Å². The highest BCUT2D eigenvalue weighted by molar-refractivity contribution is 9.10. The summed E-state index contributed by atoms with van der Waals surface area (Å²) in [5.74, 6) is -1.40. The van der Waals surface area contributed by atoms with E-state index in [1.54, 1.807) is 7.11 Å². The molecular formula is C23H24BrNO4. The molecule has 0 saturated carbocycles. The number of aliphatic hydroxyl groups is 1. The minimum Gasteiger partial charge on any atom is -0.507 e. The van der Waals surface area contributed by atoms with Crippen LogP contribution in [0.2, 0.25) is 0 Å². The van der Waals surface area contributed by atoms with E-state index in [4.69, 9.17) is 4.74 Å². The molecular weight excluding hydrogens is 434 g/mol. The van der Waals surface area contributed by atoms with E-state index >= 15 is 0 Å². The average molecular weight is 458 g/mol. The van der Waals surface area contributed by atoms with Crippen LogP contribution in [0.4, 0.5) is 0 Å². The van der Waals surface area contributed by atoms with Crippen molar-refractivity contribution in [2.75, 3.05) is 20.3 Å². The Morgan fingerprint density at radius 3 is 2.62 bits per heavy atom. The van der Waals surface area contributed by atoms with Crippen molar-refractivity contribution in [2.24, 2.45) is 0 Å². The van der Waals surface area contributed by atoms with Crippen LogP contribution in [0.1, 0.15) is 34.7 Å². The second-order valence-electron chi connectivity index (χ2n) is 7.21. The fraction of sp³-hybridized carbons (Fsp3) is 0.304. The van der Waals surface area contributed by atoms with Gasteiger partial charge in [-0.2, -0.15) is 0 Å². The van der Waals surface area contributed by atoms with Crippen LogP contribution in [0.5, 0.6) is 0 Å². The second kappa shape index (κ2) is 8.93. The van der Waals surface area contributed by atoms with Crippen molar-refractivity contribution in [1.82, 2.24) is 4.90 Å². The Hall–Kier alpha value is -2.44. The predicted octanol–water partition coefficient (Wildman–Crippen LogP) is 4.52. The Balaban J connectivity index is 2.18. The van der Waals surface area contributed by atoms with Crippen LogP contribution >= 0.6 is 15.9 Å². The molecule has 1 fully saturated rings. The minimum atomic E-state index is -0.661. The molecule has 6 heteroatoms. The van der Waals surface area contributed by atoms with E-state index in [0.29, 0.717) is 25.1 Å². The number of hydrogen-bond acceptors (Lipinski definition) is 4. The summed E-state index contributed by atoms with van der Waals surface area (Å²) in [4.78, 5) is 27.3. The van der Waals surface area contributed by atoms with Crippen LogP contribution in [0.3, 0.4) is 0 Å². The van der Waals surface area contributed by atoms with Crippen molar-refractivity contribution >= 4 is 33.4 Å². The zero-order valence-electron chi connectivity index (χ0n) is 16.7. The van der Waals surface area contributed by atoms with E-state index in [1.165, 1.54) is 4.90 Å². The molecule has 1 atom stereocenters. The van der Waals surface area contributed by atoms with Crippen LogP contribution in [0.25, 0.3) is 5.76 Å².